The Morgan fingerprint density at radius 3 is 2.24 bits per heavy atom. The average Bonchev–Trinajstić information content (AvgIpc) is 2.46. The first-order valence-electron chi connectivity index (χ1n) is 7.36. The molecule has 112 valence electrons. The van der Waals surface area contributed by atoms with E-state index in [2.05, 4.69) is 24.4 Å². The summed E-state index contributed by atoms with van der Waals surface area (Å²) in [5.41, 5.74) is 2.18. The van der Waals surface area contributed by atoms with Gasteiger partial charge in [0, 0.05) is 10.6 Å². The van der Waals surface area contributed by atoms with E-state index in [1.165, 1.54) is 0 Å². The van der Waals surface area contributed by atoms with Gasteiger partial charge in [-0.3, -0.25) is 0 Å². The average molecular weight is 304 g/mol. The largest absolute Gasteiger partial charge is 0.491 e. The molecular formula is C18H22ClNO. The number of para-hydroxylation sites is 1. The van der Waals surface area contributed by atoms with Gasteiger partial charge in [-0.25, -0.2) is 0 Å². The normalized spacial score (nSPS) is 12.4. The lowest BCUT2D eigenvalue weighted by molar-refractivity contribution is 0.238. The molecule has 0 aromatic heterocycles. The molecule has 0 spiro atoms. The van der Waals surface area contributed by atoms with E-state index in [9.17, 15) is 0 Å². The van der Waals surface area contributed by atoms with E-state index in [0.717, 1.165) is 28.4 Å². The number of hydrogen-bond acceptors (Lipinski definition) is 2. The molecule has 1 N–H and O–H groups in total. The van der Waals surface area contributed by atoms with E-state index >= 15 is 0 Å². The maximum absolute atomic E-state index is 6.38. The third-order valence-electron chi connectivity index (χ3n) is 3.22. The van der Waals surface area contributed by atoms with Gasteiger partial charge in [-0.2, -0.15) is 0 Å². The first kappa shape index (κ1) is 15.9. The zero-order valence-electron chi connectivity index (χ0n) is 12.8. The Labute approximate surface area is 132 Å². The molecule has 0 aliphatic heterocycles. The Hall–Kier alpha value is -1.51. The molecule has 0 saturated carbocycles. The molecule has 0 radical (unpaired) electrons. The van der Waals surface area contributed by atoms with Crippen molar-refractivity contribution in [2.75, 3.05) is 6.54 Å². The number of benzene rings is 2. The minimum absolute atomic E-state index is 0.0265. The molecule has 0 amide bonds. The van der Waals surface area contributed by atoms with Crippen molar-refractivity contribution in [1.82, 2.24) is 5.32 Å². The van der Waals surface area contributed by atoms with Crippen LogP contribution < -0.4 is 10.1 Å². The second-order valence-electron chi connectivity index (χ2n) is 5.22. The predicted octanol–water partition coefficient (Wildman–Crippen LogP) is 4.83. The zero-order chi connectivity index (χ0) is 15.2. The fourth-order valence-electron chi connectivity index (χ4n) is 2.38. The van der Waals surface area contributed by atoms with Crippen molar-refractivity contribution >= 4 is 11.6 Å². The highest BCUT2D eigenvalue weighted by molar-refractivity contribution is 6.31. The van der Waals surface area contributed by atoms with Crippen molar-refractivity contribution in [2.24, 2.45) is 0 Å². The minimum Gasteiger partial charge on any atom is -0.491 e. The molecule has 0 heterocycles. The molecule has 1 atom stereocenters. The number of rotatable bonds is 6. The van der Waals surface area contributed by atoms with Crippen molar-refractivity contribution in [1.29, 1.82) is 0 Å². The highest BCUT2D eigenvalue weighted by Gasteiger charge is 2.19. The van der Waals surface area contributed by atoms with Gasteiger partial charge in [-0.05, 0) is 38.1 Å². The van der Waals surface area contributed by atoms with Crippen LogP contribution in [0.1, 0.15) is 37.9 Å². The third-order valence-corrected chi connectivity index (χ3v) is 3.56. The summed E-state index contributed by atoms with van der Waals surface area (Å²) in [6, 6.07) is 16.1. The summed E-state index contributed by atoms with van der Waals surface area (Å²) in [5, 5.41) is 4.27. The lowest BCUT2D eigenvalue weighted by Gasteiger charge is -2.23. The summed E-state index contributed by atoms with van der Waals surface area (Å²) in [7, 11) is 0. The molecule has 2 nitrogen and oxygen atoms in total. The number of ether oxygens (including phenoxy) is 1. The number of hydrogen-bond donors (Lipinski definition) is 1. The highest BCUT2D eigenvalue weighted by atomic mass is 35.5. The van der Waals surface area contributed by atoms with Gasteiger partial charge < -0.3 is 10.1 Å². The molecule has 0 aliphatic rings. The molecule has 3 heteroatoms. The van der Waals surface area contributed by atoms with Crippen LogP contribution in [0.5, 0.6) is 5.75 Å². The third kappa shape index (κ3) is 3.99. The summed E-state index contributed by atoms with van der Waals surface area (Å²) in [6.07, 6.45) is 0.139. The summed E-state index contributed by atoms with van der Waals surface area (Å²) in [4.78, 5) is 0. The molecule has 0 fully saturated rings. The number of halogens is 1. The Kier molecular flexibility index (Phi) is 5.66. The quantitative estimate of drug-likeness (QED) is 0.825. The molecule has 2 rings (SSSR count). The summed E-state index contributed by atoms with van der Waals surface area (Å²) in [6.45, 7) is 7.02. The van der Waals surface area contributed by atoms with Crippen molar-refractivity contribution in [2.45, 2.75) is 32.9 Å². The number of nitrogens with one attached hydrogen (secondary N) is 1. The Morgan fingerprint density at radius 1 is 1.00 bits per heavy atom. The molecule has 0 bridgehead atoms. The monoisotopic (exact) mass is 303 g/mol. The summed E-state index contributed by atoms with van der Waals surface area (Å²) in [5.74, 6) is 0.901. The smallest absolute Gasteiger partial charge is 0.124 e. The maximum atomic E-state index is 6.38. The summed E-state index contributed by atoms with van der Waals surface area (Å²) >= 11 is 6.38. The van der Waals surface area contributed by atoms with Crippen LogP contribution in [0, 0.1) is 0 Å². The van der Waals surface area contributed by atoms with Crippen molar-refractivity contribution in [3.05, 3.63) is 64.7 Å². The van der Waals surface area contributed by atoms with Crippen LogP contribution in [-0.4, -0.2) is 12.6 Å². The van der Waals surface area contributed by atoms with Crippen LogP contribution >= 0.6 is 11.6 Å². The molecule has 0 aliphatic carbocycles. The van der Waals surface area contributed by atoms with Gasteiger partial charge in [0.05, 0.1) is 12.1 Å². The SMILES string of the molecule is CCNC(c1ccccc1Cl)c1ccccc1OC(C)C. The van der Waals surface area contributed by atoms with E-state index in [-0.39, 0.29) is 12.1 Å². The first-order chi connectivity index (χ1) is 10.1. The Morgan fingerprint density at radius 2 is 1.62 bits per heavy atom. The van der Waals surface area contributed by atoms with Gasteiger partial charge in [-0.1, -0.05) is 54.9 Å². The highest BCUT2D eigenvalue weighted by Crippen LogP contribution is 2.33. The van der Waals surface area contributed by atoms with Crippen LogP contribution in [0.25, 0.3) is 0 Å². The fraction of sp³-hybridized carbons (Fsp3) is 0.333. The van der Waals surface area contributed by atoms with Gasteiger partial charge in [0.25, 0.3) is 0 Å². The molecule has 1 unspecified atom stereocenters. The van der Waals surface area contributed by atoms with Crippen molar-refractivity contribution in [3.63, 3.8) is 0 Å². The second-order valence-corrected chi connectivity index (χ2v) is 5.62. The molecule has 2 aromatic carbocycles. The second kappa shape index (κ2) is 7.48. The van der Waals surface area contributed by atoms with Gasteiger partial charge in [0.1, 0.15) is 5.75 Å². The van der Waals surface area contributed by atoms with E-state index in [1.807, 2.05) is 50.2 Å². The first-order valence-corrected chi connectivity index (χ1v) is 7.74. The van der Waals surface area contributed by atoms with E-state index < -0.39 is 0 Å². The van der Waals surface area contributed by atoms with Crippen LogP contribution in [0.4, 0.5) is 0 Å². The molecule has 21 heavy (non-hydrogen) atoms. The predicted molar refractivity (Wildman–Crippen MR) is 89.2 cm³/mol. The Bertz CT molecular complexity index is 583. The molecule has 0 saturated heterocycles. The van der Waals surface area contributed by atoms with Gasteiger partial charge in [0.15, 0.2) is 0 Å². The van der Waals surface area contributed by atoms with Gasteiger partial charge in [-0.15, -0.1) is 0 Å². The maximum Gasteiger partial charge on any atom is 0.124 e. The van der Waals surface area contributed by atoms with Crippen molar-refractivity contribution < 1.29 is 4.74 Å². The van der Waals surface area contributed by atoms with E-state index in [4.69, 9.17) is 16.3 Å². The van der Waals surface area contributed by atoms with E-state index in [0.29, 0.717) is 0 Å². The van der Waals surface area contributed by atoms with Crippen LogP contribution in [-0.2, 0) is 0 Å². The van der Waals surface area contributed by atoms with Crippen molar-refractivity contribution in [3.8, 4) is 5.75 Å². The van der Waals surface area contributed by atoms with E-state index in [1.54, 1.807) is 0 Å². The Balaban J connectivity index is 2.46. The van der Waals surface area contributed by atoms with Crippen LogP contribution in [0.15, 0.2) is 48.5 Å². The van der Waals surface area contributed by atoms with Crippen LogP contribution in [0.2, 0.25) is 5.02 Å². The van der Waals surface area contributed by atoms with Crippen LogP contribution in [0.3, 0.4) is 0 Å². The van der Waals surface area contributed by atoms with Gasteiger partial charge >= 0.3 is 0 Å². The lowest BCUT2D eigenvalue weighted by atomic mass is 9.97. The zero-order valence-corrected chi connectivity index (χ0v) is 13.5. The molecule has 2 aromatic rings. The minimum atomic E-state index is 0.0265. The van der Waals surface area contributed by atoms with Gasteiger partial charge in [0.2, 0.25) is 0 Å². The standard InChI is InChI=1S/C18H22ClNO/c1-4-20-18(14-9-5-7-11-16(14)19)15-10-6-8-12-17(15)21-13(2)3/h5-13,18,20H,4H2,1-3H3. The summed E-state index contributed by atoms with van der Waals surface area (Å²) < 4.78 is 5.95. The molecular weight excluding hydrogens is 282 g/mol. The topological polar surface area (TPSA) is 21.3 Å². The fourth-order valence-corrected chi connectivity index (χ4v) is 2.63. The lowest BCUT2D eigenvalue weighted by Crippen LogP contribution is -2.23.